The van der Waals surface area contributed by atoms with Crippen LogP contribution in [0, 0.1) is 5.92 Å². The topological polar surface area (TPSA) is 139 Å². The third-order valence-corrected chi connectivity index (χ3v) is 5.29. The van der Waals surface area contributed by atoms with Crippen molar-refractivity contribution in [2.24, 2.45) is 5.92 Å². The van der Waals surface area contributed by atoms with Gasteiger partial charge >= 0.3 is 0 Å². The van der Waals surface area contributed by atoms with Gasteiger partial charge in [-0.3, -0.25) is 4.79 Å². The smallest absolute Gasteiger partial charge is 0.257 e. The van der Waals surface area contributed by atoms with Crippen LogP contribution in [-0.2, 0) is 4.74 Å². The lowest BCUT2D eigenvalue weighted by Gasteiger charge is -2.25. The van der Waals surface area contributed by atoms with E-state index < -0.39 is 0 Å². The first-order valence-corrected chi connectivity index (χ1v) is 10.7. The Morgan fingerprint density at radius 2 is 1.88 bits per heavy atom. The number of amides is 1. The van der Waals surface area contributed by atoms with E-state index in [-0.39, 0.29) is 46.6 Å². The molecule has 2 aromatic heterocycles. The maximum absolute atomic E-state index is 12.4. The zero-order chi connectivity index (χ0) is 23.7. The zero-order valence-electron chi connectivity index (χ0n) is 19.2. The minimum absolute atomic E-state index is 0.114. The summed E-state index contributed by atoms with van der Waals surface area (Å²) in [5.41, 5.74) is 0.896. The third-order valence-electron chi connectivity index (χ3n) is 5.29. The number of hydrogen-bond donors (Lipinski definition) is 3. The lowest BCUT2D eigenvalue weighted by molar-refractivity contribution is 0.0824. The fraction of sp³-hybridized carbons (Fsp3) is 0.409. The number of phenols is 1. The molecule has 3 heterocycles. The zero-order valence-corrected chi connectivity index (χ0v) is 19.2. The summed E-state index contributed by atoms with van der Waals surface area (Å²) in [6.45, 7) is 6.17. The number of para-hydroxylation sites is 1. The van der Waals surface area contributed by atoms with Crippen LogP contribution < -0.4 is 10.6 Å². The molecule has 0 fully saturated rings. The van der Waals surface area contributed by atoms with E-state index in [2.05, 4.69) is 50.8 Å². The number of rotatable bonds is 7. The maximum Gasteiger partial charge on any atom is 0.257 e. The molecule has 174 valence electrons. The molecule has 3 aromatic rings. The molecular weight excluding hydrogens is 426 g/mol. The summed E-state index contributed by atoms with van der Waals surface area (Å²) in [5.74, 6) is 1.17. The highest BCUT2D eigenvalue weighted by Crippen LogP contribution is 2.34. The fourth-order valence-electron chi connectivity index (χ4n) is 3.54. The van der Waals surface area contributed by atoms with Gasteiger partial charge in [0.15, 0.2) is 17.4 Å². The van der Waals surface area contributed by atoms with Crippen LogP contribution in [0.25, 0.3) is 11.3 Å². The normalized spacial score (nSPS) is 16.4. The Morgan fingerprint density at radius 3 is 2.48 bits per heavy atom. The highest BCUT2D eigenvalue weighted by atomic mass is 16.6. The number of carbonyl (C=O) groups excluding carboxylic acids is 1. The van der Waals surface area contributed by atoms with Crippen molar-refractivity contribution in [3.8, 4) is 5.75 Å². The number of ether oxygens (including phenoxy) is 1. The number of aromatic nitrogens is 4. The molecule has 11 nitrogen and oxygen atoms in total. The molecule has 2 atom stereocenters. The molecule has 33 heavy (non-hydrogen) atoms. The first-order valence-electron chi connectivity index (χ1n) is 10.7. The van der Waals surface area contributed by atoms with Gasteiger partial charge in [-0.05, 0) is 41.4 Å². The SMILES string of the molecule is CC1CC=C([C@H](Nc2nc3nonc3nc2Nc2cccc(C(=O)N(C)C)c2O)C(C)C)O1. The van der Waals surface area contributed by atoms with Crippen molar-refractivity contribution in [2.45, 2.75) is 39.3 Å². The summed E-state index contributed by atoms with van der Waals surface area (Å²) in [7, 11) is 3.24. The van der Waals surface area contributed by atoms with Crippen molar-refractivity contribution in [1.82, 2.24) is 25.2 Å². The predicted octanol–water partition coefficient (Wildman–Crippen LogP) is 3.29. The summed E-state index contributed by atoms with van der Waals surface area (Å²) in [5, 5.41) is 24.8. The van der Waals surface area contributed by atoms with E-state index in [1.165, 1.54) is 4.90 Å². The Hall–Kier alpha value is -3.89. The van der Waals surface area contributed by atoms with Crippen molar-refractivity contribution < 1.29 is 19.3 Å². The van der Waals surface area contributed by atoms with Gasteiger partial charge in [-0.25, -0.2) is 14.6 Å². The van der Waals surface area contributed by atoms with Crippen molar-refractivity contribution in [1.29, 1.82) is 0 Å². The van der Waals surface area contributed by atoms with E-state index >= 15 is 0 Å². The molecule has 0 aliphatic carbocycles. The van der Waals surface area contributed by atoms with E-state index in [1.807, 2.05) is 6.92 Å². The fourth-order valence-corrected chi connectivity index (χ4v) is 3.54. The Balaban J connectivity index is 1.72. The Bertz CT molecular complexity index is 1200. The number of hydrogen-bond acceptors (Lipinski definition) is 10. The number of nitrogens with zero attached hydrogens (tertiary/aromatic N) is 5. The van der Waals surface area contributed by atoms with Crippen LogP contribution in [-0.4, -0.2) is 62.4 Å². The third kappa shape index (κ3) is 4.52. The Kier molecular flexibility index (Phi) is 6.03. The molecule has 0 saturated carbocycles. The molecule has 1 amide bonds. The molecular formula is C22H27N7O4. The number of fused-ring (bicyclic) bond motifs is 1. The second-order valence-corrected chi connectivity index (χ2v) is 8.50. The summed E-state index contributed by atoms with van der Waals surface area (Å²) < 4.78 is 10.7. The van der Waals surface area contributed by atoms with Crippen LogP contribution in [0.4, 0.5) is 17.3 Å². The second kappa shape index (κ2) is 8.93. The van der Waals surface area contributed by atoms with E-state index in [1.54, 1.807) is 32.3 Å². The van der Waals surface area contributed by atoms with Gasteiger partial charge in [0.2, 0.25) is 11.3 Å². The highest BCUT2D eigenvalue weighted by molar-refractivity contribution is 5.98. The van der Waals surface area contributed by atoms with Gasteiger partial charge in [-0.2, -0.15) is 0 Å². The molecule has 1 aliphatic rings. The molecule has 0 bridgehead atoms. The first-order chi connectivity index (χ1) is 15.7. The number of nitrogens with one attached hydrogen (secondary N) is 2. The van der Waals surface area contributed by atoms with E-state index in [0.717, 1.165) is 12.2 Å². The number of carbonyl (C=O) groups is 1. The van der Waals surface area contributed by atoms with Gasteiger partial charge < -0.3 is 25.4 Å². The van der Waals surface area contributed by atoms with Gasteiger partial charge in [0.25, 0.3) is 5.91 Å². The standard InChI is InChI=1S/C22H27N7O4/c1-11(2)16(15-10-9-12(3)32-15)24-19-18(25-20-21(26-19)28-33-27-20)23-14-8-6-7-13(17(14)30)22(31)29(4)5/h6-8,10-12,16,30H,9H2,1-5H3,(H,23,25,27)(H,24,26,28)/t12?,16-/m1/s1. The molecule has 1 aromatic carbocycles. The van der Waals surface area contributed by atoms with Crippen LogP contribution in [0.2, 0.25) is 0 Å². The van der Waals surface area contributed by atoms with Gasteiger partial charge in [-0.15, -0.1) is 0 Å². The van der Waals surface area contributed by atoms with Crippen LogP contribution in [0.15, 0.2) is 34.7 Å². The minimum Gasteiger partial charge on any atom is -0.505 e. The molecule has 4 rings (SSSR count). The molecule has 1 aliphatic heterocycles. The first kappa shape index (κ1) is 22.3. The van der Waals surface area contributed by atoms with Crippen molar-refractivity contribution in [3.63, 3.8) is 0 Å². The molecule has 3 N–H and O–H groups in total. The largest absolute Gasteiger partial charge is 0.505 e. The quantitative estimate of drug-likeness (QED) is 0.457. The molecule has 0 saturated heterocycles. The van der Waals surface area contributed by atoms with Crippen LogP contribution in [0.5, 0.6) is 5.75 Å². The van der Waals surface area contributed by atoms with Crippen molar-refractivity contribution >= 4 is 34.5 Å². The Morgan fingerprint density at radius 1 is 1.18 bits per heavy atom. The van der Waals surface area contributed by atoms with Gasteiger partial charge in [0.1, 0.15) is 5.76 Å². The number of anilines is 3. The monoisotopic (exact) mass is 453 g/mol. The average molecular weight is 454 g/mol. The van der Waals surface area contributed by atoms with Gasteiger partial charge in [0.05, 0.1) is 23.4 Å². The maximum atomic E-state index is 12.4. The molecule has 0 radical (unpaired) electrons. The average Bonchev–Trinajstić information content (AvgIpc) is 3.40. The minimum atomic E-state index is -0.323. The Labute approximate surface area is 190 Å². The van der Waals surface area contributed by atoms with Crippen molar-refractivity contribution in [2.75, 3.05) is 24.7 Å². The molecule has 11 heteroatoms. The van der Waals surface area contributed by atoms with E-state index in [9.17, 15) is 9.90 Å². The van der Waals surface area contributed by atoms with E-state index in [0.29, 0.717) is 17.3 Å². The summed E-state index contributed by atoms with van der Waals surface area (Å²) in [4.78, 5) is 22.8. The predicted molar refractivity (Wildman–Crippen MR) is 122 cm³/mol. The number of phenolic OH excluding ortho intramolecular Hbond substituents is 1. The van der Waals surface area contributed by atoms with Crippen molar-refractivity contribution in [3.05, 3.63) is 35.6 Å². The molecule has 0 spiro atoms. The van der Waals surface area contributed by atoms with Crippen LogP contribution in [0.1, 0.15) is 37.6 Å². The van der Waals surface area contributed by atoms with Gasteiger partial charge in [-0.1, -0.05) is 19.9 Å². The lowest BCUT2D eigenvalue weighted by Crippen LogP contribution is -2.30. The summed E-state index contributed by atoms with van der Waals surface area (Å²) >= 11 is 0. The molecule has 1 unspecified atom stereocenters. The summed E-state index contributed by atoms with van der Waals surface area (Å²) in [6, 6.07) is 4.70. The summed E-state index contributed by atoms with van der Waals surface area (Å²) in [6.07, 6.45) is 3.02. The lowest BCUT2D eigenvalue weighted by atomic mass is 10.0. The van der Waals surface area contributed by atoms with Crippen LogP contribution in [0.3, 0.4) is 0 Å². The van der Waals surface area contributed by atoms with Gasteiger partial charge in [0, 0.05) is 20.5 Å². The number of benzene rings is 1. The highest BCUT2D eigenvalue weighted by Gasteiger charge is 2.27. The number of aromatic hydroxyl groups is 1. The van der Waals surface area contributed by atoms with E-state index in [4.69, 9.17) is 9.37 Å². The second-order valence-electron chi connectivity index (χ2n) is 8.50. The van der Waals surface area contributed by atoms with Crippen LogP contribution >= 0.6 is 0 Å².